The minimum absolute atomic E-state index is 0.108. The van der Waals surface area contributed by atoms with Crippen LogP contribution in [0, 0.1) is 0 Å². The quantitative estimate of drug-likeness (QED) is 0.482. The van der Waals surface area contributed by atoms with Gasteiger partial charge >= 0.3 is 0 Å². The molecule has 4 rings (SSSR count). The van der Waals surface area contributed by atoms with Crippen molar-refractivity contribution in [1.82, 2.24) is 34.8 Å². The molecular weight excluding hydrogens is 374 g/mol. The van der Waals surface area contributed by atoms with E-state index in [1.807, 2.05) is 30.3 Å². The van der Waals surface area contributed by atoms with Crippen LogP contribution in [0.15, 0.2) is 64.6 Å². The second kappa shape index (κ2) is 7.89. The van der Waals surface area contributed by atoms with Crippen LogP contribution in [0.3, 0.4) is 0 Å². The first-order chi connectivity index (χ1) is 14.1. The number of hydrogen-bond donors (Lipinski definition) is 2. The highest BCUT2D eigenvalue weighted by molar-refractivity contribution is 5.91. The zero-order valence-electron chi connectivity index (χ0n) is 15.3. The predicted molar refractivity (Wildman–Crippen MR) is 105 cm³/mol. The lowest BCUT2D eigenvalue weighted by atomic mass is 10.2. The van der Waals surface area contributed by atoms with Gasteiger partial charge in [0, 0.05) is 12.6 Å². The molecule has 0 radical (unpaired) electrons. The summed E-state index contributed by atoms with van der Waals surface area (Å²) in [5.74, 6) is -0.420. The molecular formula is C19H17N7O3. The zero-order chi connectivity index (χ0) is 20.2. The third-order valence-corrected chi connectivity index (χ3v) is 4.34. The first kappa shape index (κ1) is 18.3. The second-order valence-electron chi connectivity index (χ2n) is 6.33. The molecule has 0 saturated heterocycles. The molecule has 0 fully saturated rings. The van der Waals surface area contributed by atoms with E-state index in [9.17, 15) is 14.4 Å². The lowest BCUT2D eigenvalue weighted by Crippen LogP contribution is -2.29. The fourth-order valence-corrected chi connectivity index (χ4v) is 2.89. The van der Waals surface area contributed by atoms with Gasteiger partial charge < -0.3 is 5.32 Å². The number of nitrogens with one attached hydrogen (secondary N) is 2. The topological polar surface area (TPSA) is 128 Å². The molecule has 29 heavy (non-hydrogen) atoms. The molecule has 3 heterocycles. The van der Waals surface area contributed by atoms with Crippen molar-refractivity contribution in [1.29, 1.82) is 0 Å². The molecule has 3 aromatic heterocycles. The fraction of sp³-hybridized carbons (Fsp3) is 0.158. The summed E-state index contributed by atoms with van der Waals surface area (Å²) in [5, 5.41) is 13.2. The Balaban J connectivity index is 1.45. The third kappa shape index (κ3) is 3.95. The second-order valence-corrected chi connectivity index (χ2v) is 6.33. The molecule has 1 aromatic carbocycles. The van der Waals surface area contributed by atoms with E-state index < -0.39 is 5.91 Å². The highest BCUT2D eigenvalue weighted by Gasteiger charge is 2.11. The van der Waals surface area contributed by atoms with Crippen LogP contribution in [-0.2, 0) is 13.1 Å². The molecule has 10 heteroatoms. The minimum Gasteiger partial charge on any atom is -0.349 e. The number of rotatable bonds is 6. The minimum atomic E-state index is -0.420. The van der Waals surface area contributed by atoms with Crippen LogP contribution in [0.4, 0.5) is 0 Å². The maximum atomic E-state index is 12.7. The van der Waals surface area contributed by atoms with Gasteiger partial charge in [-0.15, -0.1) is 0 Å². The Morgan fingerprint density at radius 1 is 1.10 bits per heavy atom. The summed E-state index contributed by atoms with van der Waals surface area (Å²) in [4.78, 5) is 40.1. The predicted octanol–water partition coefficient (Wildman–Crippen LogP) is 0.155. The van der Waals surface area contributed by atoms with Crippen molar-refractivity contribution >= 4 is 16.9 Å². The lowest BCUT2D eigenvalue weighted by Gasteiger charge is -2.07. The van der Waals surface area contributed by atoms with Crippen molar-refractivity contribution in [3.63, 3.8) is 0 Å². The molecule has 0 aliphatic rings. The Morgan fingerprint density at radius 2 is 1.93 bits per heavy atom. The van der Waals surface area contributed by atoms with Crippen molar-refractivity contribution in [2.45, 2.75) is 13.1 Å². The van der Waals surface area contributed by atoms with Crippen molar-refractivity contribution in [2.75, 3.05) is 6.54 Å². The number of carbonyl (C=O) groups excluding carboxylic acids is 1. The molecule has 0 atom stereocenters. The molecule has 2 N–H and O–H groups in total. The number of H-pyrrole nitrogens is 1. The Labute approximate surface area is 163 Å². The van der Waals surface area contributed by atoms with Crippen molar-refractivity contribution < 1.29 is 4.79 Å². The molecule has 0 aliphatic carbocycles. The average molecular weight is 391 g/mol. The van der Waals surface area contributed by atoms with Crippen LogP contribution in [0.1, 0.15) is 16.1 Å². The van der Waals surface area contributed by atoms with E-state index in [2.05, 4.69) is 25.6 Å². The molecule has 0 aliphatic heterocycles. The summed E-state index contributed by atoms with van der Waals surface area (Å²) in [6.45, 7) is 1.01. The van der Waals surface area contributed by atoms with Crippen molar-refractivity contribution in [3.8, 4) is 0 Å². The standard InChI is InChI=1S/C19H17N7O3/c27-16-7-6-15(23-24-16)18(28)20-8-9-26-17-14(10-22-26)19(29)25(12-21-17)11-13-4-2-1-3-5-13/h1-7,10,12H,8-9,11H2,(H,20,28)(H,24,27). The van der Waals surface area contributed by atoms with Gasteiger partial charge in [-0.3, -0.25) is 19.0 Å². The van der Waals surface area contributed by atoms with Crippen LogP contribution >= 0.6 is 0 Å². The van der Waals surface area contributed by atoms with E-state index in [0.717, 1.165) is 5.56 Å². The summed E-state index contributed by atoms with van der Waals surface area (Å²) >= 11 is 0. The monoisotopic (exact) mass is 391 g/mol. The van der Waals surface area contributed by atoms with Gasteiger partial charge in [-0.2, -0.15) is 10.2 Å². The van der Waals surface area contributed by atoms with Gasteiger partial charge in [-0.05, 0) is 11.6 Å². The normalized spacial score (nSPS) is 10.9. The molecule has 0 saturated carbocycles. The van der Waals surface area contributed by atoms with Gasteiger partial charge in [0.1, 0.15) is 17.4 Å². The van der Waals surface area contributed by atoms with Gasteiger partial charge in [0.15, 0.2) is 5.65 Å². The number of hydrogen-bond acceptors (Lipinski definition) is 6. The number of benzene rings is 1. The van der Waals surface area contributed by atoms with Crippen molar-refractivity contribution in [2.24, 2.45) is 0 Å². The van der Waals surface area contributed by atoms with E-state index in [4.69, 9.17) is 0 Å². The number of nitrogens with zero attached hydrogens (tertiary/aromatic N) is 5. The van der Waals surface area contributed by atoms with E-state index >= 15 is 0 Å². The summed E-state index contributed by atoms with van der Waals surface area (Å²) in [7, 11) is 0. The Kier molecular flexibility index (Phi) is 4.97. The highest BCUT2D eigenvalue weighted by Crippen LogP contribution is 2.07. The summed E-state index contributed by atoms with van der Waals surface area (Å²) < 4.78 is 3.09. The van der Waals surface area contributed by atoms with Gasteiger partial charge in [-0.1, -0.05) is 30.3 Å². The SMILES string of the molecule is O=C(NCCn1ncc2c(=O)n(Cc3ccccc3)cnc21)c1ccc(=O)[nH]n1. The van der Waals surface area contributed by atoms with Crippen LogP contribution in [-0.4, -0.2) is 42.0 Å². The number of carbonyl (C=O) groups is 1. The first-order valence-corrected chi connectivity index (χ1v) is 8.90. The highest BCUT2D eigenvalue weighted by atomic mass is 16.2. The van der Waals surface area contributed by atoms with Crippen LogP contribution < -0.4 is 16.4 Å². The summed E-state index contributed by atoms with van der Waals surface area (Å²) in [6.07, 6.45) is 2.98. The smallest absolute Gasteiger partial charge is 0.271 e. The van der Waals surface area contributed by atoms with Crippen LogP contribution in [0.2, 0.25) is 0 Å². The van der Waals surface area contributed by atoms with Gasteiger partial charge in [0.25, 0.3) is 17.0 Å². The fourth-order valence-electron chi connectivity index (χ4n) is 2.89. The van der Waals surface area contributed by atoms with E-state index in [1.165, 1.54) is 29.2 Å². The molecule has 146 valence electrons. The summed E-state index contributed by atoms with van der Waals surface area (Å²) in [6, 6.07) is 12.2. The van der Waals surface area contributed by atoms with Crippen molar-refractivity contribution in [3.05, 3.63) is 87.0 Å². The first-order valence-electron chi connectivity index (χ1n) is 8.90. The van der Waals surface area contributed by atoms with Crippen LogP contribution in [0.25, 0.3) is 11.0 Å². The number of amides is 1. The van der Waals surface area contributed by atoms with Crippen LogP contribution in [0.5, 0.6) is 0 Å². The number of aromatic nitrogens is 6. The maximum Gasteiger partial charge on any atom is 0.271 e. The molecule has 0 unspecified atom stereocenters. The Morgan fingerprint density at radius 3 is 2.69 bits per heavy atom. The Bertz CT molecular complexity index is 1250. The largest absolute Gasteiger partial charge is 0.349 e. The molecule has 0 spiro atoms. The van der Waals surface area contributed by atoms with E-state index in [-0.39, 0.29) is 23.4 Å². The molecule has 10 nitrogen and oxygen atoms in total. The van der Waals surface area contributed by atoms with Gasteiger partial charge in [-0.25, -0.2) is 14.8 Å². The molecule has 0 bridgehead atoms. The van der Waals surface area contributed by atoms with Gasteiger partial charge in [0.2, 0.25) is 0 Å². The van der Waals surface area contributed by atoms with E-state index in [1.54, 1.807) is 4.68 Å². The maximum absolute atomic E-state index is 12.7. The molecule has 4 aromatic rings. The third-order valence-electron chi connectivity index (χ3n) is 4.34. The number of fused-ring (bicyclic) bond motifs is 1. The van der Waals surface area contributed by atoms with E-state index in [0.29, 0.717) is 24.1 Å². The zero-order valence-corrected chi connectivity index (χ0v) is 15.3. The Hall–Kier alpha value is -4.08. The lowest BCUT2D eigenvalue weighted by molar-refractivity contribution is 0.0946. The average Bonchev–Trinajstić information content (AvgIpc) is 3.15. The number of aromatic amines is 1. The summed E-state index contributed by atoms with van der Waals surface area (Å²) in [5.41, 5.74) is 1.01. The molecule has 1 amide bonds. The van der Waals surface area contributed by atoms with Gasteiger partial charge in [0.05, 0.1) is 19.3 Å².